The summed E-state index contributed by atoms with van der Waals surface area (Å²) in [4.78, 5) is 12.4. The molecule has 106 valence electrons. The van der Waals surface area contributed by atoms with E-state index in [4.69, 9.17) is 4.74 Å². The van der Waals surface area contributed by atoms with Crippen LogP contribution in [0.5, 0.6) is 0 Å². The van der Waals surface area contributed by atoms with Crippen LogP contribution in [0, 0.1) is 11.3 Å². The summed E-state index contributed by atoms with van der Waals surface area (Å²) < 4.78 is 5.41. The highest BCUT2D eigenvalue weighted by atomic mass is 16.6. The first kappa shape index (κ1) is 16.0. The van der Waals surface area contributed by atoms with Crippen molar-refractivity contribution in [2.45, 2.75) is 45.1 Å². The van der Waals surface area contributed by atoms with E-state index >= 15 is 0 Å². The number of esters is 1. The van der Waals surface area contributed by atoms with Crippen molar-refractivity contribution in [1.29, 1.82) is 5.26 Å². The molecule has 0 aromatic heterocycles. The van der Waals surface area contributed by atoms with Gasteiger partial charge in [-0.05, 0) is 38.3 Å². The molecule has 1 aromatic carbocycles. The van der Waals surface area contributed by atoms with Crippen LogP contribution in [0.1, 0.15) is 45.2 Å². The molecule has 0 aliphatic carbocycles. The number of benzene rings is 1. The molecule has 0 radical (unpaired) electrons. The summed E-state index contributed by atoms with van der Waals surface area (Å²) in [6.07, 6.45) is 2.09. The van der Waals surface area contributed by atoms with E-state index < -0.39 is 17.0 Å². The topological polar surface area (TPSA) is 50.1 Å². The van der Waals surface area contributed by atoms with Crippen molar-refractivity contribution in [2.24, 2.45) is 0 Å². The Labute approximate surface area is 120 Å². The van der Waals surface area contributed by atoms with Crippen molar-refractivity contribution in [3.05, 3.63) is 42.0 Å². The lowest BCUT2D eigenvalue weighted by atomic mass is 9.79. The van der Waals surface area contributed by atoms with Crippen molar-refractivity contribution in [1.82, 2.24) is 0 Å². The average molecular weight is 271 g/mol. The Bertz CT molecular complexity index is 532. The first-order chi connectivity index (χ1) is 9.29. The minimum atomic E-state index is -1.26. The number of nitrogens with zero attached hydrogens (tertiary/aromatic N) is 1. The van der Waals surface area contributed by atoms with Gasteiger partial charge in [-0.2, -0.15) is 5.26 Å². The van der Waals surface area contributed by atoms with E-state index in [-0.39, 0.29) is 0 Å². The zero-order chi connectivity index (χ0) is 15.4. The monoisotopic (exact) mass is 271 g/mol. The largest absolute Gasteiger partial charge is 0.459 e. The molecule has 3 nitrogen and oxygen atoms in total. The second kappa shape index (κ2) is 5.92. The standard InChI is InChI=1S/C17H21NO2/c1-6-13-8-10-14(11-9-13)17(7-2,12-18)15(19)20-16(3,4)5/h6,8-11H,1,7H2,2-5H3. The molecule has 0 saturated carbocycles. The van der Waals surface area contributed by atoms with E-state index in [0.29, 0.717) is 12.0 Å². The van der Waals surface area contributed by atoms with Crippen molar-refractivity contribution < 1.29 is 9.53 Å². The molecule has 0 N–H and O–H groups in total. The molecule has 1 unspecified atom stereocenters. The lowest BCUT2D eigenvalue weighted by Gasteiger charge is -2.28. The molecule has 0 spiro atoms. The summed E-state index contributed by atoms with van der Waals surface area (Å²) in [6, 6.07) is 9.40. The maximum absolute atomic E-state index is 12.4. The number of rotatable bonds is 4. The highest BCUT2D eigenvalue weighted by Gasteiger charge is 2.42. The second-order valence-corrected chi connectivity index (χ2v) is 5.70. The van der Waals surface area contributed by atoms with Crippen molar-refractivity contribution >= 4 is 12.0 Å². The van der Waals surface area contributed by atoms with E-state index in [1.807, 2.05) is 19.1 Å². The Morgan fingerprint density at radius 1 is 1.35 bits per heavy atom. The lowest BCUT2D eigenvalue weighted by molar-refractivity contribution is -0.160. The molecule has 1 atom stereocenters. The number of hydrogen-bond acceptors (Lipinski definition) is 3. The third kappa shape index (κ3) is 3.27. The Morgan fingerprint density at radius 3 is 2.25 bits per heavy atom. The smallest absolute Gasteiger partial charge is 0.331 e. The van der Waals surface area contributed by atoms with E-state index in [0.717, 1.165) is 5.56 Å². The molecule has 0 fully saturated rings. The zero-order valence-electron chi connectivity index (χ0n) is 12.6. The predicted octanol–water partition coefficient (Wildman–Crippen LogP) is 3.84. The fraction of sp³-hybridized carbons (Fsp3) is 0.412. The van der Waals surface area contributed by atoms with Crippen molar-refractivity contribution in [3.63, 3.8) is 0 Å². The Hall–Kier alpha value is -2.08. The highest BCUT2D eigenvalue weighted by Crippen LogP contribution is 2.31. The van der Waals surface area contributed by atoms with Crippen LogP contribution in [-0.4, -0.2) is 11.6 Å². The highest BCUT2D eigenvalue weighted by molar-refractivity contribution is 5.87. The van der Waals surface area contributed by atoms with Gasteiger partial charge >= 0.3 is 5.97 Å². The molecule has 0 amide bonds. The predicted molar refractivity (Wildman–Crippen MR) is 80.0 cm³/mol. The molecule has 1 aromatic rings. The van der Waals surface area contributed by atoms with Crippen LogP contribution >= 0.6 is 0 Å². The molecular formula is C17H21NO2. The normalized spacial score (nSPS) is 13.9. The molecule has 3 heteroatoms. The second-order valence-electron chi connectivity index (χ2n) is 5.70. The molecule has 0 bridgehead atoms. The lowest BCUT2D eigenvalue weighted by Crippen LogP contribution is -2.39. The van der Waals surface area contributed by atoms with Gasteiger partial charge in [-0.25, -0.2) is 4.79 Å². The fourth-order valence-corrected chi connectivity index (χ4v) is 1.92. The Balaban J connectivity index is 3.23. The first-order valence-electron chi connectivity index (χ1n) is 6.66. The van der Waals surface area contributed by atoms with Gasteiger partial charge < -0.3 is 4.74 Å². The van der Waals surface area contributed by atoms with Gasteiger partial charge in [0.15, 0.2) is 5.41 Å². The van der Waals surface area contributed by atoms with Gasteiger partial charge in [-0.3, -0.25) is 0 Å². The number of ether oxygens (including phenoxy) is 1. The van der Waals surface area contributed by atoms with Gasteiger partial charge in [0.2, 0.25) is 0 Å². The third-order valence-electron chi connectivity index (χ3n) is 3.11. The van der Waals surface area contributed by atoms with E-state index in [9.17, 15) is 10.1 Å². The van der Waals surface area contributed by atoms with Crippen LogP contribution in [0.15, 0.2) is 30.8 Å². The molecule has 0 aliphatic heterocycles. The third-order valence-corrected chi connectivity index (χ3v) is 3.11. The Kier molecular flexibility index (Phi) is 4.73. The van der Waals surface area contributed by atoms with Crippen molar-refractivity contribution in [3.8, 4) is 6.07 Å². The maximum Gasteiger partial charge on any atom is 0.331 e. The Morgan fingerprint density at radius 2 is 1.90 bits per heavy atom. The molecule has 20 heavy (non-hydrogen) atoms. The van der Waals surface area contributed by atoms with Gasteiger partial charge in [0.25, 0.3) is 0 Å². The van der Waals surface area contributed by atoms with Gasteiger partial charge in [-0.1, -0.05) is 43.8 Å². The molecule has 1 rings (SSSR count). The van der Waals surface area contributed by atoms with Gasteiger partial charge in [0.05, 0.1) is 6.07 Å². The zero-order valence-corrected chi connectivity index (χ0v) is 12.6. The first-order valence-corrected chi connectivity index (χ1v) is 6.66. The molecular weight excluding hydrogens is 250 g/mol. The van der Waals surface area contributed by atoms with Crippen LogP contribution < -0.4 is 0 Å². The summed E-state index contributed by atoms with van der Waals surface area (Å²) in [5.41, 5.74) is -0.272. The minimum absolute atomic E-state index is 0.367. The van der Waals surface area contributed by atoms with Crippen LogP contribution in [0.2, 0.25) is 0 Å². The molecule has 0 saturated heterocycles. The number of carbonyl (C=O) groups excluding carboxylic acids is 1. The number of hydrogen-bond donors (Lipinski definition) is 0. The number of nitriles is 1. The fourth-order valence-electron chi connectivity index (χ4n) is 1.92. The van der Waals surface area contributed by atoms with E-state index in [2.05, 4.69) is 12.6 Å². The van der Waals surface area contributed by atoms with Crippen LogP contribution in [0.3, 0.4) is 0 Å². The molecule has 0 heterocycles. The van der Waals surface area contributed by atoms with Crippen molar-refractivity contribution in [2.75, 3.05) is 0 Å². The summed E-state index contributed by atoms with van der Waals surface area (Å²) in [5, 5.41) is 9.55. The summed E-state index contributed by atoms with van der Waals surface area (Å²) in [5.74, 6) is -0.499. The minimum Gasteiger partial charge on any atom is -0.459 e. The van der Waals surface area contributed by atoms with Crippen LogP contribution in [0.25, 0.3) is 6.08 Å². The number of carbonyl (C=O) groups is 1. The molecule has 0 aliphatic rings. The quantitative estimate of drug-likeness (QED) is 0.782. The summed E-state index contributed by atoms with van der Waals surface area (Å²) in [6.45, 7) is 10.9. The van der Waals surface area contributed by atoms with E-state index in [1.165, 1.54) is 0 Å². The van der Waals surface area contributed by atoms with Crippen LogP contribution in [0.4, 0.5) is 0 Å². The van der Waals surface area contributed by atoms with Crippen LogP contribution in [-0.2, 0) is 14.9 Å². The van der Waals surface area contributed by atoms with E-state index in [1.54, 1.807) is 39.0 Å². The van der Waals surface area contributed by atoms with Gasteiger partial charge in [0, 0.05) is 0 Å². The van der Waals surface area contributed by atoms with Gasteiger partial charge in [-0.15, -0.1) is 0 Å². The summed E-state index contributed by atoms with van der Waals surface area (Å²) >= 11 is 0. The maximum atomic E-state index is 12.4. The SMILES string of the molecule is C=Cc1ccc(C(C#N)(CC)C(=O)OC(C)(C)C)cc1. The average Bonchev–Trinajstić information content (AvgIpc) is 2.39. The van der Waals surface area contributed by atoms with Gasteiger partial charge in [0.1, 0.15) is 5.60 Å². The summed E-state index contributed by atoms with van der Waals surface area (Å²) in [7, 11) is 0.